The predicted octanol–water partition coefficient (Wildman–Crippen LogP) is 4.94. The molecule has 0 aliphatic rings. The third-order valence-corrected chi connectivity index (χ3v) is 3.74. The molecule has 0 spiro atoms. The van der Waals surface area contributed by atoms with Crippen molar-refractivity contribution < 1.29 is 4.42 Å². The van der Waals surface area contributed by atoms with Crippen LogP contribution < -0.4 is 5.32 Å². The molecule has 102 valence electrons. The first-order chi connectivity index (χ1) is 9.74. The van der Waals surface area contributed by atoms with Crippen LogP contribution in [0.2, 0.25) is 5.02 Å². The van der Waals surface area contributed by atoms with Gasteiger partial charge in [-0.1, -0.05) is 41.9 Å². The second-order valence-electron chi connectivity index (χ2n) is 4.91. The third-order valence-electron chi connectivity index (χ3n) is 3.51. The number of para-hydroxylation sites is 1. The molecule has 2 aromatic carbocycles. The molecule has 0 aliphatic carbocycles. The SMILES string of the molecule is C[C@@H](NCc1coc2ccccc12)c1cccc(Cl)c1. The lowest BCUT2D eigenvalue weighted by Crippen LogP contribution is -2.17. The molecule has 1 aromatic heterocycles. The van der Waals surface area contributed by atoms with E-state index in [0.717, 1.165) is 17.2 Å². The Labute approximate surface area is 123 Å². The van der Waals surface area contributed by atoms with Crippen LogP contribution in [0.4, 0.5) is 0 Å². The second-order valence-corrected chi connectivity index (χ2v) is 5.35. The van der Waals surface area contributed by atoms with E-state index in [0.29, 0.717) is 0 Å². The van der Waals surface area contributed by atoms with E-state index in [1.807, 2.05) is 42.7 Å². The zero-order valence-electron chi connectivity index (χ0n) is 11.3. The fraction of sp³-hybridized carbons (Fsp3) is 0.176. The Morgan fingerprint density at radius 1 is 1.15 bits per heavy atom. The lowest BCUT2D eigenvalue weighted by molar-refractivity contribution is 0.562. The van der Waals surface area contributed by atoms with Crippen molar-refractivity contribution in [2.45, 2.75) is 19.5 Å². The summed E-state index contributed by atoms with van der Waals surface area (Å²) in [6.45, 7) is 2.90. The standard InChI is InChI=1S/C17H16ClNO/c1-12(13-5-4-6-15(18)9-13)19-10-14-11-20-17-8-3-2-7-16(14)17/h2-9,11-12,19H,10H2,1H3/t12-/m1/s1. The lowest BCUT2D eigenvalue weighted by Gasteiger charge is -2.14. The summed E-state index contributed by atoms with van der Waals surface area (Å²) in [5, 5.41) is 5.44. The van der Waals surface area contributed by atoms with E-state index in [4.69, 9.17) is 16.0 Å². The first-order valence-electron chi connectivity index (χ1n) is 6.68. The summed E-state index contributed by atoms with van der Waals surface area (Å²) in [5.41, 5.74) is 3.29. The quantitative estimate of drug-likeness (QED) is 0.735. The maximum Gasteiger partial charge on any atom is 0.134 e. The molecular weight excluding hydrogens is 270 g/mol. The molecule has 0 fully saturated rings. The minimum atomic E-state index is 0.238. The molecular formula is C17H16ClNO. The van der Waals surface area contributed by atoms with Crippen LogP contribution in [0.5, 0.6) is 0 Å². The molecule has 3 heteroatoms. The van der Waals surface area contributed by atoms with E-state index in [1.54, 1.807) is 0 Å². The Hall–Kier alpha value is -1.77. The van der Waals surface area contributed by atoms with Gasteiger partial charge in [-0.3, -0.25) is 0 Å². The Morgan fingerprint density at radius 3 is 2.85 bits per heavy atom. The predicted molar refractivity (Wildman–Crippen MR) is 82.9 cm³/mol. The van der Waals surface area contributed by atoms with E-state index in [1.165, 1.54) is 16.5 Å². The Kier molecular flexibility index (Phi) is 3.77. The van der Waals surface area contributed by atoms with Crippen molar-refractivity contribution in [3.8, 4) is 0 Å². The van der Waals surface area contributed by atoms with Gasteiger partial charge in [-0.2, -0.15) is 0 Å². The summed E-state index contributed by atoms with van der Waals surface area (Å²) in [4.78, 5) is 0. The number of rotatable bonds is 4. The average molecular weight is 286 g/mol. The molecule has 0 aliphatic heterocycles. The average Bonchev–Trinajstić information content (AvgIpc) is 2.88. The van der Waals surface area contributed by atoms with Crippen LogP contribution in [0.15, 0.2) is 59.2 Å². The number of furan rings is 1. The highest BCUT2D eigenvalue weighted by molar-refractivity contribution is 6.30. The Morgan fingerprint density at radius 2 is 2.00 bits per heavy atom. The van der Waals surface area contributed by atoms with Crippen LogP contribution in [0.25, 0.3) is 11.0 Å². The number of halogens is 1. The molecule has 3 aromatic rings. The van der Waals surface area contributed by atoms with Gasteiger partial charge in [-0.05, 0) is 30.7 Å². The van der Waals surface area contributed by atoms with Gasteiger partial charge in [0.1, 0.15) is 5.58 Å². The number of hydrogen-bond donors (Lipinski definition) is 1. The van der Waals surface area contributed by atoms with Crippen LogP contribution in [0.3, 0.4) is 0 Å². The minimum Gasteiger partial charge on any atom is -0.464 e. The van der Waals surface area contributed by atoms with Gasteiger partial charge in [0.25, 0.3) is 0 Å². The molecule has 0 radical (unpaired) electrons. The van der Waals surface area contributed by atoms with E-state index in [9.17, 15) is 0 Å². The number of nitrogens with one attached hydrogen (secondary N) is 1. The third kappa shape index (κ3) is 2.72. The maximum atomic E-state index is 6.02. The monoisotopic (exact) mass is 285 g/mol. The largest absolute Gasteiger partial charge is 0.464 e. The summed E-state index contributed by atoms with van der Waals surface area (Å²) < 4.78 is 5.55. The lowest BCUT2D eigenvalue weighted by atomic mass is 10.1. The summed E-state index contributed by atoms with van der Waals surface area (Å²) in [6.07, 6.45) is 1.82. The molecule has 1 atom stereocenters. The zero-order valence-corrected chi connectivity index (χ0v) is 12.0. The first kappa shape index (κ1) is 13.2. The van der Waals surface area contributed by atoms with E-state index >= 15 is 0 Å². The first-order valence-corrected chi connectivity index (χ1v) is 7.06. The smallest absolute Gasteiger partial charge is 0.134 e. The molecule has 2 nitrogen and oxygen atoms in total. The molecule has 0 saturated carbocycles. The molecule has 20 heavy (non-hydrogen) atoms. The van der Waals surface area contributed by atoms with Crippen LogP contribution in [-0.2, 0) is 6.54 Å². The highest BCUT2D eigenvalue weighted by Crippen LogP contribution is 2.22. The van der Waals surface area contributed by atoms with Gasteiger partial charge in [-0.25, -0.2) is 0 Å². The normalized spacial score (nSPS) is 12.7. The van der Waals surface area contributed by atoms with Crippen molar-refractivity contribution in [3.05, 3.63) is 70.9 Å². The Balaban J connectivity index is 1.73. The summed E-state index contributed by atoms with van der Waals surface area (Å²) in [6, 6.07) is 16.3. The van der Waals surface area contributed by atoms with E-state index in [2.05, 4.69) is 24.4 Å². The van der Waals surface area contributed by atoms with Gasteiger partial charge < -0.3 is 9.73 Å². The van der Waals surface area contributed by atoms with Gasteiger partial charge >= 0.3 is 0 Å². The summed E-state index contributed by atoms with van der Waals surface area (Å²) in [7, 11) is 0. The molecule has 0 bridgehead atoms. The van der Waals surface area contributed by atoms with E-state index in [-0.39, 0.29) is 6.04 Å². The number of hydrogen-bond acceptors (Lipinski definition) is 2. The van der Waals surface area contributed by atoms with E-state index < -0.39 is 0 Å². The van der Waals surface area contributed by atoms with Crippen LogP contribution in [0, 0.1) is 0 Å². The maximum absolute atomic E-state index is 6.02. The van der Waals surface area contributed by atoms with Gasteiger partial charge in [0, 0.05) is 28.6 Å². The highest BCUT2D eigenvalue weighted by Gasteiger charge is 2.08. The second kappa shape index (κ2) is 5.70. The van der Waals surface area contributed by atoms with Crippen LogP contribution in [-0.4, -0.2) is 0 Å². The van der Waals surface area contributed by atoms with Gasteiger partial charge in [-0.15, -0.1) is 0 Å². The van der Waals surface area contributed by atoms with Crippen molar-refractivity contribution in [2.24, 2.45) is 0 Å². The minimum absolute atomic E-state index is 0.238. The molecule has 0 saturated heterocycles. The number of fused-ring (bicyclic) bond motifs is 1. The number of benzene rings is 2. The summed E-state index contributed by atoms with van der Waals surface area (Å²) in [5.74, 6) is 0. The highest BCUT2D eigenvalue weighted by atomic mass is 35.5. The summed E-state index contributed by atoms with van der Waals surface area (Å²) >= 11 is 6.02. The van der Waals surface area contributed by atoms with Crippen molar-refractivity contribution >= 4 is 22.6 Å². The van der Waals surface area contributed by atoms with Crippen molar-refractivity contribution in [1.82, 2.24) is 5.32 Å². The van der Waals surface area contributed by atoms with Crippen molar-refractivity contribution in [3.63, 3.8) is 0 Å². The van der Waals surface area contributed by atoms with Crippen LogP contribution >= 0.6 is 11.6 Å². The zero-order chi connectivity index (χ0) is 13.9. The molecule has 1 N–H and O–H groups in total. The molecule has 1 heterocycles. The topological polar surface area (TPSA) is 25.2 Å². The van der Waals surface area contributed by atoms with Gasteiger partial charge in [0.15, 0.2) is 0 Å². The molecule has 3 rings (SSSR count). The Bertz CT molecular complexity index is 720. The van der Waals surface area contributed by atoms with Gasteiger partial charge in [0.05, 0.1) is 6.26 Å². The van der Waals surface area contributed by atoms with Crippen molar-refractivity contribution in [1.29, 1.82) is 0 Å². The van der Waals surface area contributed by atoms with Crippen molar-refractivity contribution in [2.75, 3.05) is 0 Å². The molecule has 0 amide bonds. The fourth-order valence-electron chi connectivity index (χ4n) is 2.33. The van der Waals surface area contributed by atoms with Gasteiger partial charge in [0.2, 0.25) is 0 Å². The van der Waals surface area contributed by atoms with Crippen LogP contribution in [0.1, 0.15) is 24.1 Å². The molecule has 0 unspecified atom stereocenters. The fourth-order valence-corrected chi connectivity index (χ4v) is 2.53.